The normalized spacial score (nSPS) is 10.7. The van der Waals surface area contributed by atoms with Crippen LogP contribution in [-0.4, -0.2) is 12.4 Å². The van der Waals surface area contributed by atoms with Crippen molar-refractivity contribution in [2.24, 2.45) is 5.41 Å². The Balaban J connectivity index is 2.56. The predicted molar refractivity (Wildman–Crippen MR) is 66.0 cm³/mol. The zero-order valence-electron chi connectivity index (χ0n) is 10.5. The molecule has 0 spiro atoms. The Kier molecular flexibility index (Phi) is 4.28. The number of hydrogen-bond donors (Lipinski definition) is 0. The molecule has 1 rings (SSSR count). The molecule has 0 bridgehead atoms. The van der Waals surface area contributed by atoms with Crippen LogP contribution in [0.5, 0.6) is 5.75 Å². The summed E-state index contributed by atoms with van der Waals surface area (Å²) in [6.07, 6.45) is 0.661. The lowest BCUT2D eigenvalue weighted by Gasteiger charge is -2.15. The summed E-state index contributed by atoms with van der Waals surface area (Å²) in [5.74, 6) is 0.694. The van der Waals surface area contributed by atoms with Crippen molar-refractivity contribution in [1.82, 2.24) is 0 Å². The van der Waals surface area contributed by atoms with Crippen molar-refractivity contribution in [3.8, 4) is 11.8 Å². The minimum Gasteiger partial charge on any atom is -0.494 e. The average molecular weight is 231 g/mol. The molecule has 0 aliphatic heterocycles. The minimum absolute atomic E-state index is 0.0211. The second-order valence-electron chi connectivity index (χ2n) is 4.68. The summed E-state index contributed by atoms with van der Waals surface area (Å²) in [6.45, 7) is 5.75. The van der Waals surface area contributed by atoms with Crippen LogP contribution >= 0.6 is 0 Å². The van der Waals surface area contributed by atoms with Crippen molar-refractivity contribution >= 4 is 5.78 Å². The van der Waals surface area contributed by atoms with Crippen LogP contribution < -0.4 is 4.74 Å². The molecule has 17 heavy (non-hydrogen) atoms. The number of Topliss-reactive ketones (excluding diaryl/α,β-unsaturated/α-hetero) is 1. The molecule has 1 aromatic carbocycles. The molecule has 0 saturated heterocycles. The molecule has 0 unspecified atom stereocenters. The Morgan fingerprint density at radius 3 is 2.76 bits per heavy atom. The van der Waals surface area contributed by atoms with E-state index in [0.29, 0.717) is 24.3 Å². The molecule has 3 heteroatoms. The molecule has 0 aliphatic carbocycles. The number of nitriles is 1. The standard InChI is InChI=1S/C14H17NO2/c1-11(16)12-5-4-6-13(9-12)17-8-7-14(2,3)10-15/h4-6,9H,7-8H2,1-3H3. The Morgan fingerprint density at radius 1 is 1.47 bits per heavy atom. The fourth-order valence-electron chi connectivity index (χ4n) is 1.28. The zero-order valence-corrected chi connectivity index (χ0v) is 10.5. The Bertz CT molecular complexity index is 444. The Hall–Kier alpha value is -1.82. The molecule has 1 aromatic rings. The molecule has 0 N–H and O–H groups in total. The summed E-state index contributed by atoms with van der Waals surface area (Å²) in [5.41, 5.74) is 0.264. The van der Waals surface area contributed by atoms with Crippen LogP contribution in [0, 0.1) is 16.7 Å². The first-order valence-electron chi connectivity index (χ1n) is 5.60. The van der Waals surface area contributed by atoms with E-state index in [4.69, 9.17) is 10.00 Å². The van der Waals surface area contributed by atoms with Crippen molar-refractivity contribution in [3.63, 3.8) is 0 Å². The van der Waals surface area contributed by atoms with Gasteiger partial charge in [0, 0.05) is 5.56 Å². The fraction of sp³-hybridized carbons (Fsp3) is 0.429. The maximum atomic E-state index is 11.2. The van der Waals surface area contributed by atoms with Crippen LogP contribution in [0.4, 0.5) is 0 Å². The van der Waals surface area contributed by atoms with Gasteiger partial charge in [-0.05, 0) is 39.3 Å². The van der Waals surface area contributed by atoms with Crippen molar-refractivity contribution in [2.75, 3.05) is 6.61 Å². The highest BCUT2D eigenvalue weighted by molar-refractivity contribution is 5.94. The topological polar surface area (TPSA) is 50.1 Å². The van der Waals surface area contributed by atoms with Gasteiger partial charge >= 0.3 is 0 Å². The number of carbonyl (C=O) groups is 1. The van der Waals surface area contributed by atoms with E-state index in [-0.39, 0.29) is 11.2 Å². The number of nitrogens with zero attached hydrogens (tertiary/aromatic N) is 1. The number of rotatable bonds is 5. The lowest BCUT2D eigenvalue weighted by molar-refractivity contribution is 0.101. The van der Waals surface area contributed by atoms with Crippen molar-refractivity contribution in [2.45, 2.75) is 27.2 Å². The van der Waals surface area contributed by atoms with Gasteiger partial charge in [-0.3, -0.25) is 4.79 Å². The van der Waals surface area contributed by atoms with Gasteiger partial charge in [-0.25, -0.2) is 0 Å². The molecule has 0 fully saturated rings. The summed E-state index contributed by atoms with van der Waals surface area (Å²) in [4.78, 5) is 11.2. The van der Waals surface area contributed by atoms with E-state index in [1.54, 1.807) is 18.2 Å². The number of benzene rings is 1. The van der Waals surface area contributed by atoms with Gasteiger partial charge < -0.3 is 4.74 Å². The molecule has 0 amide bonds. The fourth-order valence-corrected chi connectivity index (χ4v) is 1.28. The first-order chi connectivity index (χ1) is 7.94. The van der Waals surface area contributed by atoms with Crippen LogP contribution in [-0.2, 0) is 0 Å². The van der Waals surface area contributed by atoms with E-state index in [1.165, 1.54) is 6.92 Å². The van der Waals surface area contributed by atoms with Gasteiger partial charge in [-0.1, -0.05) is 12.1 Å². The molecule has 3 nitrogen and oxygen atoms in total. The highest BCUT2D eigenvalue weighted by Crippen LogP contribution is 2.20. The first-order valence-corrected chi connectivity index (χ1v) is 5.60. The van der Waals surface area contributed by atoms with Gasteiger partial charge in [0.05, 0.1) is 18.1 Å². The average Bonchev–Trinajstić information content (AvgIpc) is 2.29. The number of ketones is 1. The van der Waals surface area contributed by atoms with Crippen molar-refractivity contribution in [3.05, 3.63) is 29.8 Å². The summed E-state index contributed by atoms with van der Waals surface area (Å²) < 4.78 is 5.53. The summed E-state index contributed by atoms with van der Waals surface area (Å²) in [6, 6.07) is 9.31. The third-order valence-electron chi connectivity index (χ3n) is 2.54. The van der Waals surface area contributed by atoms with E-state index < -0.39 is 0 Å². The Labute approximate surface area is 102 Å². The molecule has 0 saturated carbocycles. The van der Waals surface area contributed by atoms with Gasteiger partial charge in [-0.2, -0.15) is 5.26 Å². The van der Waals surface area contributed by atoms with Crippen molar-refractivity contribution in [1.29, 1.82) is 5.26 Å². The third-order valence-corrected chi connectivity index (χ3v) is 2.54. The van der Waals surface area contributed by atoms with Crippen LogP contribution in [0.2, 0.25) is 0 Å². The first kappa shape index (κ1) is 13.2. The highest BCUT2D eigenvalue weighted by atomic mass is 16.5. The summed E-state index contributed by atoms with van der Waals surface area (Å²) >= 11 is 0. The van der Waals surface area contributed by atoms with E-state index in [1.807, 2.05) is 19.9 Å². The zero-order chi connectivity index (χ0) is 12.9. The van der Waals surface area contributed by atoms with Crippen LogP contribution in [0.3, 0.4) is 0 Å². The van der Waals surface area contributed by atoms with Gasteiger partial charge in [-0.15, -0.1) is 0 Å². The van der Waals surface area contributed by atoms with E-state index >= 15 is 0 Å². The second kappa shape index (κ2) is 5.49. The SMILES string of the molecule is CC(=O)c1cccc(OCCC(C)(C)C#N)c1. The Morgan fingerprint density at radius 2 is 2.18 bits per heavy atom. The van der Waals surface area contributed by atoms with Gasteiger partial charge in [0.2, 0.25) is 0 Å². The number of carbonyl (C=O) groups excluding carboxylic acids is 1. The van der Waals surface area contributed by atoms with Crippen LogP contribution in [0.15, 0.2) is 24.3 Å². The smallest absolute Gasteiger partial charge is 0.159 e. The highest BCUT2D eigenvalue weighted by Gasteiger charge is 2.16. The van der Waals surface area contributed by atoms with Crippen molar-refractivity contribution < 1.29 is 9.53 Å². The maximum absolute atomic E-state index is 11.2. The minimum atomic E-state index is -0.377. The van der Waals surface area contributed by atoms with Crippen LogP contribution in [0.25, 0.3) is 0 Å². The third kappa shape index (κ3) is 4.28. The van der Waals surface area contributed by atoms with E-state index in [0.717, 1.165) is 0 Å². The maximum Gasteiger partial charge on any atom is 0.159 e. The monoisotopic (exact) mass is 231 g/mol. The number of hydrogen-bond acceptors (Lipinski definition) is 3. The predicted octanol–water partition coefficient (Wildman–Crippen LogP) is 3.21. The van der Waals surface area contributed by atoms with Gasteiger partial charge in [0.15, 0.2) is 5.78 Å². The largest absolute Gasteiger partial charge is 0.494 e. The summed E-state index contributed by atoms with van der Waals surface area (Å²) in [5, 5.41) is 8.86. The molecular weight excluding hydrogens is 214 g/mol. The number of ether oxygens (including phenoxy) is 1. The molecule has 0 aliphatic rings. The molecule has 90 valence electrons. The lowest BCUT2D eigenvalue weighted by atomic mass is 9.92. The molecular formula is C14H17NO2. The van der Waals surface area contributed by atoms with E-state index in [9.17, 15) is 4.79 Å². The quantitative estimate of drug-likeness (QED) is 0.731. The second-order valence-corrected chi connectivity index (χ2v) is 4.68. The van der Waals surface area contributed by atoms with Gasteiger partial charge in [0.25, 0.3) is 0 Å². The van der Waals surface area contributed by atoms with Gasteiger partial charge in [0.1, 0.15) is 5.75 Å². The lowest BCUT2D eigenvalue weighted by Crippen LogP contribution is -2.13. The molecule has 0 aromatic heterocycles. The molecule has 0 heterocycles. The van der Waals surface area contributed by atoms with E-state index in [2.05, 4.69) is 6.07 Å². The van der Waals surface area contributed by atoms with Crippen LogP contribution in [0.1, 0.15) is 37.6 Å². The molecule has 0 radical (unpaired) electrons. The summed E-state index contributed by atoms with van der Waals surface area (Å²) in [7, 11) is 0. The molecule has 0 atom stereocenters.